The van der Waals surface area contributed by atoms with Gasteiger partial charge in [-0.3, -0.25) is 0 Å². The van der Waals surface area contributed by atoms with E-state index in [1.54, 1.807) is 0 Å². The predicted octanol–water partition coefficient (Wildman–Crippen LogP) is 2.72. The van der Waals surface area contributed by atoms with Gasteiger partial charge in [0.1, 0.15) is 0 Å². The maximum atomic E-state index is 3.64. The summed E-state index contributed by atoms with van der Waals surface area (Å²) >= 11 is 0. The minimum absolute atomic E-state index is 0. The second kappa shape index (κ2) is 15.9. The quantitative estimate of drug-likeness (QED) is 0.386. The zero-order chi connectivity index (χ0) is 6.99. The van der Waals surface area contributed by atoms with Crippen LogP contribution in [0, 0.1) is 19.8 Å². The van der Waals surface area contributed by atoms with Crippen LogP contribution < -0.4 is 0 Å². The van der Waals surface area contributed by atoms with Crippen LogP contribution in [0.4, 0.5) is 0 Å². The van der Waals surface area contributed by atoms with Crippen molar-refractivity contribution in [2.75, 3.05) is 0 Å². The molecule has 9 heavy (non-hydrogen) atoms. The molecule has 0 fully saturated rings. The van der Waals surface area contributed by atoms with Crippen LogP contribution in [0.25, 0.3) is 0 Å². The van der Waals surface area contributed by atoms with Crippen molar-refractivity contribution in [2.24, 2.45) is 5.92 Å². The van der Waals surface area contributed by atoms with Crippen molar-refractivity contribution in [1.29, 1.82) is 0 Å². The van der Waals surface area contributed by atoms with Crippen molar-refractivity contribution in [2.45, 2.75) is 33.6 Å². The minimum Gasteiger partial charge on any atom is -0.343 e. The summed E-state index contributed by atoms with van der Waals surface area (Å²) < 4.78 is 0. The Morgan fingerprint density at radius 3 is 1.44 bits per heavy atom. The van der Waals surface area contributed by atoms with Crippen molar-refractivity contribution in [3.8, 4) is 0 Å². The predicted molar refractivity (Wildman–Crippen MR) is 46.2 cm³/mol. The third-order valence-electron chi connectivity index (χ3n) is 0.354. The summed E-state index contributed by atoms with van der Waals surface area (Å²) in [5.41, 5.74) is 0. The van der Waals surface area contributed by atoms with Crippen LogP contribution >= 0.6 is 0 Å². The fraction of sp³-hybridized carbons (Fsp3) is 0.750. The van der Waals surface area contributed by atoms with Crippen molar-refractivity contribution in [1.82, 2.24) is 0 Å². The maximum absolute atomic E-state index is 3.64. The summed E-state index contributed by atoms with van der Waals surface area (Å²) in [6.07, 6.45) is 2.28. The average molecular weight is 139 g/mol. The third-order valence-corrected chi connectivity index (χ3v) is 0.354. The molecule has 0 aliphatic carbocycles. The molecule has 0 bridgehead atoms. The van der Waals surface area contributed by atoms with Crippen LogP contribution in [0.3, 0.4) is 0 Å². The Labute approximate surface area is 76.6 Å². The molecule has 0 radical (unpaired) electrons. The van der Waals surface area contributed by atoms with Gasteiger partial charge in [0.2, 0.25) is 0 Å². The standard InChI is InChI=1S/2C4H9.Mg/c1-4(2)3;1-3-4-2;/h4H,1H2,2-3H3;1,3-4H2,2H3;/q2*-1;+2. The summed E-state index contributed by atoms with van der Waals surface area (Å²) in [4.78, 5) is 0. The first-order chi connectivity index (χ1) is 3.65. The molecule has 0 spiro atoms. The van der Waals surface area contributed by atoms with E-state index in [2.05, 4.69) is 34.6 Å². The molecule has 0 saturated heterocycles. The molecule has 0 aromatic carbocycles. The van der Waals surface area contributed by atoms with Crippen LogP contribution in [0.5, 0.6) is 0 Å². The summed E-state index contributed by atoms with van der Waals surface area (Å²) in [7, 11) is 0. The Morgan fingerprint density at radius 2 is 1.44 bits per heavy atom. The zero-order valence-corrected chi connectivity index (χ0v) is 8.53. The third kappa shape index (κ3) is 129. The van der Waals surface area contributed by atoms with Crippen molar-refractivity contribution < 1.29 is 0 Å². The molecule has 52 valence electrons. The second-order valence-corrected chi connectivity index (χ2v) is 2.25. The minimum atomic E-state index is 0. The maximum Gasteiger partial charge on any atom is 2.00 e. The first kappa shape index (κ1) is 16.4. The molecule has 0 aromatic rings. The van der Waals surface area contributed by atoms with Gasteiger partial charge in [-0.25, -0.2) is 0 Å². The van der Waals surface area contributed by atoms with Gasteiger partial charge < -0.3 is 13.8 Å². The molecule has 1 heteroatoms. The normalized spacial score (nSPS) is 7.33. The molecule has 0 atom stereocenters. The molecule has 0 aliphatic heterocycles. The van der Waals surface area contributed by atoms with E-state index in [0.717, 1.165) is 6.42 Å². The van der Waals surface area contributed by atoms with Gasteiger partial charge in [0.25, 0.3) is 0 Å². The van der Waals surface area contributed by atoms with Crippen LogP contribution in [0.15, 0.2) is 0 Å². The molecule has 0 aliphatic rings. The molecule has 0 aromatic heterocycles. The van der Waals surface area contributed by atoms with Gasteiger partial charge >= 0.3 is 23.1 Å². The Balaban J connectivity index is -0.0000000720. The average Bonchev–Trinajstić information content (AvgIpc) is 1.65. The molecular formula is C8H18Mg. The van der Waals surface area contributed by atoms with Gasteiger partial charge in [0, 0.05) is 0 Å². The first-order valence-electron chi connectivity index (χ1n) is 3.27. The van der Waals surface area contributed by atoms with Gasteiger partial charge in [0.05, 0.1) is 0 Å². The van der Waals surface area contributed by atoms with Gasteiger partial charge in [-0.15, -0.1) is 0 Å². The SMILES string of the molecule is [CH2-]C(C)C.[CH2-]CCC.[Mg+2]. The summed E-state index contributed by atoms with van der Waals surface area (Å²) in [6.45, 7) is 13.5. The van der Waals surface area contributed by atoms with Gasteiger partial charge in [-0.1, -0.05) is 27.2 Å². The molecule has 0 saturated carbocycles. The van der Waals surface area contributed by atoms with E-state index in [1.165, 1.54) is 6.42 Å². The summed E-state index contributed by atoms with van der Waals surface area (Å²) in [5, 5.41) is 0. The molecule has 0 nitrogen and oxygen atoms in total. The Morgan fingerprint density at radius 1 is 1.33 bits per heavy atom. The summed E-state index contributed by atoms with van der Waals surface area (Å²) in [6, 6.07) is 0. The van der Waals surface area contributed by atoms with Crippen LogP contribution in [0.2, 0.25) is 0 Å². The summed E-state index contributed by atoms with van der Waals surface area (Å²) in [5.74, 6) is 0.583. The second-order valence-electron chi connectivity index (χ2n) is 2.25. The largest absolute Gasteiger partial charge is 2.00 e. The van der Waals surface area contributed by atoms with Crippen molar-refractivity contribution in [3.05, 3.63) is 13.8 Å². The topological polar surface area (TPSA) is 0 Å². The van der Waals surface area contributed by atoms with Gasteiger partial charge in [0.15, 0.2) is 0 Å². The Kier molecular flexibility index (Phi) is 29.0. The fourth-order valence-electron chi connectivity index (χ4n) is 0. The fourth-order valence-corrected chi connectivity index (χ4v) is 0. The monoisotopic (exact) mass is 138 g/mol. The van der Waals surface area contributed by atoms with E-state index in [0.29, 0.717) is 5.92 Å². The molecule has 0 amide bonds. The van der Waals surface area contributed by atoms with Crippen LogP contribution in [-0.2, 0) is 0 Å². The Hall–Kier alpha value is 0.766. The first-order valence-corrected chi connectivity index (χ1v) is 3.27. The Bertz CT molecular complexity index is 21.0. The van der Waals surface area contributed by atoms with E-state index < -0.39 is 0 Å². The van der Waals surface area contributed by atoms with E-state index in [1.807, 2.05) is 0 Å². The number of hydrogen-bond donors (Lipinski definition) is 0. The van der Waals surface area contributed by atoms with Crippen molar-refractivity contribution >= 4 is 23.1 Å². The molecule has 0 N–H and O–H groups in total. The van der Waals surface area contributed by atoms with E-state index >= 15 is 0 Å². The van der Waals surface area contributed by atoms with E-state index in [-0.39, 0.29) is 23.1 Å². The molecule has 0 unspecified atom stereocenters. The van der Waals surface area contributed by atoms with Crippen LogP contribution in [-0.4, -0.2) is 23.1 Å². The number of unbranched alkanes of at least 4 members (excludes halogenated alkanes) is 1. The molecule has 0 heterocycles. The van der Waals surface area contributed by atoms with Gasteiger partial charge in [-0.05, 0) is 0 Å². The number of rotatable bonds is 1. The van der Waals surface area contributed by atoms with Crippen LogP contribution in [0.1, 0.15) is 33.6 Å². The number of hydrogen-bond acceptors (Lipinski definition) is 0. The van der Waals surface area contributed by atoms with E-state index in [9.17, 15) is 0 Å². The molecule has 0 rings (SSSR count). The smallest absolute Gasteiger partial charge is 0.343 e. The van der Waals surface area contributed by atoms with Gasteiger partial charge in [-0.2, -0.15) is 12.3 Å². The van der Waals surface area contributed by atoms with Crippen molar-refractivity contribution in [3.63, 3.8) is 0 Å². The zero-order valence-electron chi connectivity index (χ0n) is 7.11. The van der Waals surface area contributed by atoms with E-state index in [4.69, 9.17) is 0 Å². The molecular weight excluding hydrogens is 120 g/mol.